The summed E-state index contributed by atoms with van der Waals surface area (Å²) in [6.45, 7) is 8.50. The molecule has 0 aliphatic carbocycles. The first-order valence-electron chi connectivity index (χ1n) is 6.34. The van der Waals surface area contributed by atoms with Gasteiger partial charge in [0.05, 0.1) is 0 Å². The van der Waals surface area contributed by atoms with Crippen molar-refractivity contribution in [1.82, 2.24) is 0 Å². The van der Waals surface area contributed by atoms with E-state index >= 15 is 0 Å². The van der Waals surface area contributed by atoms with Crippen LogP contribution in [0.4, 0.5) is 5.69 Å². The van der Waals surface area contributed by atoms with Gasteiger partial charge in [0.25, 0.3) is 0 Å². The summed E-state index contributed by atoms with van der Waals surface area (Å²) in [6, 6.07) is 8.29. The maximum Gasteiger partial charge on any atom is 0.164 e. The fraction of sp³-hybridized carbons (Fsp3) is 0.533. The SMILES string of the molecule is CCC(=O)c1ccccc1N(C)C(C)C(C)C. The largest absolute Gasteiger partial charge is 0.371 e. The van der Waals surface area contributed by atoms with Crippen molar-refractivity contribution in [2.45, 2.75) is 40.2 Å². The normalized spacial score (nSPS) is 12.6. The van der Waals surface area contributed by atoms with Crippen LogP contribution in [0.25, 0.3) is 0 Å². The van der Waals surface area contributed by atoms with E-state index in [1.807, 2.05) is 31.2 Å². The number of ketones is 1. The summed E-state index contributed by atoms with van der Waals surface area (Å²) in [5.74, 6) is 0.771. The highest BCUT2D eigenvalue weighted by atomic mass is 16.1. The van der Waals surface area contributed by atoms with E-state index in [1.54, 1.807) is 0 Å². The van der Waals surface area contributed by atoms with Crippen molar-refractivity contribution in [1.29, 1.82) is 0 Å². The fourth-order valence-electron chi connectivity index (χ4n) is 1.87. The maximum atomic E-state index is 11.9. The molecule has 0 saturated heterocycles. The molecule has 1 rings (SSSR count). The van der Waals surface area contributed by atoms with Crippen LogP contribution in [0.1, 0.15) is 44.5 Å². The Kier molecular flexibility index (Phi) is 4.73. The molecule has 17 heavy (non-hydrogen) atoms. The Bertz CT molecular complexity index is 384. The molecule has 0 N–H and O–H groups in total. The Labute approximate surface area is 105 Å². The monoisotopic (exact) mass is 233 g/mol. The van der Waals surface area contributed by atoms with Gasteiger partial charge in [0.2, 0.25) is 0 Å². The lowest BCUT2D eigenvalue weighted by molar-refractivity contribution is 0.0988. The molecule has 1 unspecified atom stereocenters. The average molecular weight is 233 g/mol. The number of hydrogen-bond donors (Lipinski definition) is 0. The molecule has 2 heteroatoms. The number of hydrogen-bond acceptors (Lipinski definition) is 2. The van der Waals surface area contributed by atoms with Gasteiger partial charge in [-0.25, -0.2) is 0 Å². The lowest BCUT2D eigenvalue weighted by Gasteiger charge is -2.31. The molecular weight excluding hydrogens is 210 g/mol. The molecular formula is C15H23NO. The Balaban J connectivity index is 3.09. The van der Waals surface area contributed by atoms with Gasteiger partial charge in [0, 0.05) is 30.8 Å². The molecule has 0 aliphatic heterocycles. The third kappa shape index (κ3) is 3.09. The molecule has 0 saturated carbocycles. The summed E-state index contributed by atoms with van der Waals surface area (Å²) in [5.41, 5.74) is 1.88. The number of para-hydroxylation sites is 1. The molecule has 2 nitrogen and oxygen atoms in total. The van der Waals surface area contributed by atoms with E-state index in [1.165, 1.54) is 0 Å². The van der Waals surface area contributed by atoms with E-state index in [-0.39, 0.29) is 5.78 Å². The summed E-state index contributed by atoms with van der Waals surface area (Å²) in [5, 5.41) is 0. The Hall–Kier alpha value is -1.31. The third-order valence-corrected chi connectivity index (χ3v) is 3.48. The van der Waals surface area contributed by atoms with E-state index in [0.717, 1.165) is 11.3 Å². The molecule has 1 aromatic carbocycles. The van der Waals surface area contributed by atoms with Gasteiger partial charge >= 0.3 is 0 Å². The highest BCUT2D eigenvalue weighted by Gasteiger charge is 2.18. The van der Waals surface area contributed by atoms with Gasteiger partial charge in [-0.15, -0.1) is 0 Å². The lowest BCUT2D eigenvalue weighted by Crippen LogP contribution is -2.34. The molecule has 1 atom stereocenters. The van der Waals surface area contributed by atoms with Crippen molar-refractivity contribution in [2.75, 3.05) is 11.9 Å². The molecule has 0 heterocycles. The topological polar surface area (TPSA) is 20.3 Å². The number of carbonyl (C=O) groups excluding carboxylic acids is 1. The van der Waals surface area contributed by atoms with Crippen molar-refractivity contribution >= 4 is 11.5 Å². The lowest BCUT2D eigenvalue weighted by atomic mass is 10.0. The zero-order chi connectivity index (χ0) is 13.0. The molecule has 0 aliphatic rings. The fourth-order valence-corrected chi connectivity index (χ4v) is 1.87. The van der Waals surface area contributed by atoms with E-state index in [0.29, 0.717) is 18.4 Å². The second-order valence-electron chi connectivity index (χ2n) is 4.89. The van der Waals surface area contributed by atoms with Gasteiger partial charge in [-0.05, 0) is 25.0 Å². The van der Waals surface area contributed by atoms with Crippen LogP contribution < -0.4 is 4.90 Å². The molecule has 0 fully saturated rings. The standard InChI is InChI=1S/C15H23NO/c1-6-15(17)13-9-7-8-10-14(13)16(5)12(4)11(2)3/h7-12H,6H2,1-5H3. The summed E-state index contributed by atoms with van der Waals surface area (Å²) < 4.78 is 0. The van der Waals surface area contributed by atoms with Crippen LogP contribution in [0, 0.1) is 5.92 Å². The van der Waals surface area contributed by atoms with Crippen LogP contribution in [0.15, 0.2) is 24.3 Å². The second-order valence-corrected chi connectivity index (χ2v) is 4.89. The summed E-state index contributed by atoms with van der Waals surface area (Å²) in [4.78, 5) is 14.1. The quantitative estimate of drug-likeness (QED) is 0.722. The average Bonchev–Trinajstić information content (AvgIpc) is 2.35. The van der Waals surface area contributed by atoms with Gasteiger partial charge in [0.15, 0.2) is 5.78 Å². The van der Waals surface area contributed by atoms with Crippen LogP contribution in [0.5, 0.6) is 0 Å². The molecule has 0 spiro atoms. The molecule has 0 amide bonds. The van der Waals surface area contributed by atoms with Gasteiger partial charge in [-0.1, -0.05) is 32.9 Å². The van der Waals surface area contributed by atoms with Crippen LogP contribution in [0.2, 0.25) is 0 Å². The van der Waals surface area contributed by atoms with Crippen LogP contribution in [0.3, 0.4) is 0 Å². The first kappa shape index (κ1) is 13.8. The number of rotatable bonds is 5. The third-order valence-electron chi connectivity index (χ3n) is 3.48. The number of nitrogens with zero attached hydrogens (tertiary/aromatic N) is 1. The summed E-state index contributed by atoms with van der Waals surface area (Å²) in [6.07, 6.45) is 0.556. The van der Waals surface area contributed by atoms with E-state index in [4.69, 9.17) is 0 Å². The van der Waals surface area contributed by atoms with Gasteiger partial charge in [-0.3, -0.25) is 4.79 Å². The zero-order valence-corrected chi connectivity index (χ0v) is 11.5. The molecule has 0 bridgehead atoms. The van der Waals surface area contributed by atoms with E-state index < -0.39 is 0 Å². The predicted molar refractivity (Wildman–Crippen MR) is 73.8 cm³/mol. The van der Waals surface area contributed by atoms with Crippen LogP contribution in [-0.2, 0) is 0 Å². The minimum absolute atomic E-state index is 0.211. The molecule has 1 aromatic rings. The van der Waals surface area contributed by atoms with Crippen LogP contribution >= 0.6 is 0 Å². The Morgan fingerprint density at radius 1 is 1.24 bits per heavy atom. The van der Waals surface area contributed by atoms with Crippen molar-refractivity contribution < 1.29 is 4.79 Å². The predicted octanol–water partition coefficient (Wildman–Crippen LogP) is 3.76. The van der Waals surface area contributed by atoms with Crippen molar-refractivity contribution in [3.05, 3.63) is 29.8 Å². The first-order chi connectivity index (χ1) is 7.99. The van der Waals surface area contributed by atoms with E-state index in [2.05, 4.69) is 32.7 Å². The smallest absolute Gasteiger partial charge is 0.164 e. The van der Waals surface area contributed by atoms with Crippen LogP contribution in [-0.4, -0.2) is 18.9 Å². The van der Waals surface area contributed by atoms with Gasteiger partial charge in [-0.2, -0.15) is 0 Å². The summed E-state index contributed by atoms with van der Waals surface area (Å²) in [7, 11) is 2.06. The number of benzene rings is 1. The van der Waals surface area contributed by atoms with Crippen molar-refractivity contribution in [3.63, 3.8) is 0 Å². The second kappa shape index (κ2) is 5.85. The number of anilines is 1. The number of carbonyl (C=O) groups is 1. The Morgan fingerprint density at radius 3 is 2.35 bits per heavy atom. The van der Waals surface area contributed by atoms with Gasteiger partial charge in [0.1, 0.15) is 0 Å². The highest BCUT2D eigenvalue weighted by molar-refractivity contribution is 6.01. The van der Waals surface area contributed by atoms with E-state index in [9.17, 15) is 4.79 Å². The Morgan fingerprint density at radius 2 is 1.82 bits per heavy atom. The van der Waals surface area contributed by atoms with Crippen molar-refractivity contribution in [2.24, 2.45) is 5.92 Å². The molecule has 94 valence electrons. The molecule has 0 aromatic heterocycles. The van der Waals surface area contributed by atoms with Crippen molar-refractivity contribution in [3.8, 4) is 0 Å². The minimum atomic E-state index is 0.211. The van der Waals surface area contributed by atoms with Gasteiger partial charge < -0.3 is 4.90 Å². The summed E-state index contributed by atoms with van der Waals surface area (Å²) >= 11 is 0. The molecule has 0 radical (unpaired) electrons. The zero-order valence-electron chi connectivity index (χ0n) is 11.5. The maximum absolute atomic E-state index is 11.9. The minimum Gasteiger partial charge on any atom is -0.371 e. The number of Topliss-reactive ketones (excluding diaryl/α,β-unsaturated/α-hetero) is 1. The first-order valence-corrected chi connectivity index (χ1v) is 6.34. The highest BCUT2D eigenvalue weighted by Crippen LogP contribution is 2.24.